The SMILES string of the molecule is O=C(CN(C1CCCCC1)C1CCCCC1)Nc1cccc2ccccc12. The number of anilines is 1. The lowest BCUT2D eigenvalue weighted by Gasteiger charge is -2.41. The van der Waals surface area contributed by atoms with Gasteiger partial charge in [-0.25, -0.2) is 0 Å². The number of fused-ring (bicyclic) bond motifs is 1. The summed E-state index contributed by atoms with van der Waals surface area (Å²) >= 11 is 0. The Morgan fingerprint density at radius 2 is 1.41 bits per heavy atom. The molecule has 0 aromatic heterocycles. The molecule has 0 heterocycles. The monoisotopic (exact) mass is 364 g/mol. The van der Waals surface area contributed by atoms with Crippen molar-refractivity contribution >= 4 is 22.4 Å². The molecule has 0 atom stereocenters. The van der Waals surface area contributed by atoms with E-state index in [1.807, 2.05) is 24.3 Å². The number of hydrogen-bond acceptors (Lipinski definition) is 2. The van der Waals surface area contributed by atoms with Crippen molar-refractivity contribution in [3.63, 3.8) is 0 Å². The first-order chi connectivity index (χ1) is 13.3. The van der Waals surface area contributed by atoms with Gasteiger partial charge in [0.15, 0.2) is 0 Å². The fourth-order valence-electron chi connectivity index (χ4n) is 5.07. The highest BCUT2D eigenvalue weighted by molar-refractivity contribution is 6.02. The third-order valence-electron chi connectivity index (χ3n) is 6.48. The molecular formula is C24H32N2O. The Morgan fingerprint density at radius 3 is 2.07 bits per heavy atom. The van der Waals surface area contributed by atoms with Gasteiger partial charge in [-0.15, -0.1) is 0 Å². The van der Waals surface area contributed by atoms with Crippen LogP contribution < -0.4 is 5.32 Å². The highest BCUT2D eigenvalue weighted by Crippen LogP contribution is 2.30. The lowest BCUT2D eigenvalue weighted by Crippen LogP contribution is -2.48. The second kappa shape index (κ2) is 8.88. The quantitative estimate of drug-likeness (QED) is 0.733. The Labute approximate surface area is 163 Å². The Balaban J connectivity index is 1.48. The van der Waals surface area contributed by atoms with E-state index in [1.54, 1.807) is 0 Å². The van der Waals surface area contributed by atoms with Crippen molar-refractivity contribution < 1.29 is 4.79 Å². The van der Waals surface area contributed by atoms with Crippen LogP contribution in [0.1, 0.15) is 64.2 Å². The minimum atomic E-state index is 0.141. The Morgan fingerprint density at radius 1 is 0.815 bits per heavy atom. The number of nitrogens with zero attached hydrogens (tertiary/aromatic N) is 1. The number of rotatable bonds is 5. The van der Waals surface area contributed by atoms with Crippen molar-refractivity contribution in [2.75, 3.05) is 11.9 Å². The van der Waals surface area contributed by atoms with Crippen molar-refractivity contribution in [3.8, 4) is 0 Å². The topological polar surface area (TPSA) is 32.3 Å². The fourth-order valence-corrected chi connectivity index (χ4v) is 5.07. The number of benzene rings is 2. The van der Waals surface area contributed by atoms with Gasteiger partial charge in [0.05, 0.1) is 6.54 Å². The van der Waals surface area contributed by atoms with Crippen molar-refractivity contribution in [2.24, 2.45) is 0 Å². The maximum atomic E-state index is 13.0. The molecule has 0 radical (unpaired) electrons. The van der Waals surface area contributed by atoms with Crippen LogP contribution >= 0.6 is 0 Å². The minimum Gasteiger partial charge on any atom is -0.324 e. The van der Waals surface area contributed by atoms with Crippen LogP contribution in [0.2, 0.25) is 0 Å². The molecular weight excluding hydrogens is 332 g/mol. The van der Waals surface area contributed by atoms with Crippen molar-refractivity contribution in [2.45, 2.75) is 76.3 Å². The Kier molecular flexibility index (Phi) is 6.08. The number of carbonyl (C=O) groups excluding carboxylic acids is 1. The summed E-state index contributed by atoms with van der Waals surface area (Å²) in [6, 6.07) is 15.6. The predicted octanol–water partition coefficient (Wildman–Crippen LogP) is 5.75. The van der Waals surface area contributed by atoms with E-state index in [9.17, 15) is 4.79 Å². The molecule has 2 aliphatic carbocycles. The van der Waals surface area contributed by atoms with Gasteiger partial charge in [-0.1, -0.05) is 74.9 Å². The predicted molar refractivity (Wildman–Crippen MR) is 113 cm³/mol. The summed E-state index contributed by atoms with van der Waals surface area (Å²) in [6.45, 7) is 0.540. The van der Waals surface area contributed by atoms with E-state index in [-0.39, 0.29) is 5.91 Å². The molecule has 2 aromatic rings. The zero-order chi connectivity index (χ0) is 18.5. The molecule has 2 aromatic carbocycles. The molecule has 2 saturated carbocycles. The summed E-state index contributed by atoms with van der Waals surface area (Å²) < 4.78 is 0. The smallest absolute Gasteiger partial charge is 0.238 e. The van der Waals surface area contributed by atoms with Crippen LogP contribution in [0, 0.1) is 0 Å². The zero-order valence-electron chi connectivity index (χ0n) is 16.3. The van der Waals surface area contributed by atoms with Gasteiger partial charge < -0.3 is 5.32 Å². The second-order valence-electron chi connectivity index (χ2n) is 8.33. The maximum absolute atomic E-state index is 13.0. The maximum Gasteiger partial charge on any atom is 0.238 e. The van der Waals surface area contributed by atoms with Gasteiger partial charge in [0.2, 0.25) is 5.91 Å². The third kappa shape index (κ3) is 4.52. The molecule has 4 rings (SSSR count). The van der Waals surface area contributed by atoms with E-state index in [4.69, 9.17) is 0 Å². The van der Waals surface area contributed by atoms with Crippen LogP contribution in [-0.4, -0.2) is 29.4 Å². The fraction of sp³-hybridized carbons (Fsp3) is 0.542. The summed E-state index contributed by atoms with van der Waals surface area (Å²) in [5, 5.41) is 5.51. The van der Waals surface area contributed by atoms with Crippen LogP contribution in [0.25, 0.3) is 10.8 Å². The normalized spacial score (nSPS) is 19.4. The molecule has 1 N–H and O–H groups in total. The van der Waals surface area contributed by atoms with E-state index in [0.717, 1.165) is 11.1 Å². The number of amides is 1. The highest BCUT2D eigenvalue weighted by atomic mass is 16.2. The minimum absolute atomic E-state index is 0.141. The van der Waals surface area contributed by atoms with E-state index < -0.39 is 0 Å². The number of nitrogens with one attached hydrogen (secondary N) is 1. The first kappa shape index (κ1) is 18.5. The van der Waals surface area contributed by atoms with Crippen molar-refractivity contribution in [1.82, 2.24) is 4.90 Å². The molecule has 2 aliphatic rings. The van der Waals surface area contributed by atoms with Gasteiger partial charge in [-0.2, -0.15) is 0 Å². The molecule has 27 heavy (non-hydrogen) atoms. The first-order valence-electron chi connectivity index (χ1n) is 10.8. The van der Waals surface area contributed by atoms with Crippen LogP contribution in [0.15, 0.2) is 42.5 Å². The molecule has 0 unspecified atom stereocenters. The summed E-state index contributed by atoms with van der Waals surface area (Å²) in [7, 11) is 0. The van der Waals surface area contributed by atoms with Gasteiger partial charge in [0.25, 0.3) is 0 Å². The van der Waals surface area contributed by atoms with Crippen LogP contribution in [0.5, 0.6) is 0 Å². The molecule has 0 bridgehead atoms. The standard InChI is InChI=1S/C24H32N2O/c27-24(25-23-17-9-11-19-10-7-8-16-22(19)23)18-26(20-12-3-1-4-13-20)21-14-5-2-6-15-21/h7-11,16-17,20-21H,1-6,12-15,18H2,(H,25,27). The van der Waals surface area contributed by atoms with Gasteiger partial charge in [-0.05, 0) is 37.1 Å². The molecule has 0 spiro atoms. The van der Waals surface area contributed by atoms with E-state index >= 15 is 0 Å². The van der Waals surface area contributed by atoms with Gasteiger partial charge in [-0.3, -0.25) is 9.69 Å². The molecule has 0 aliphatic heterocycles. The van der Waals surface area contributed by atoms with E-state index in [0.29, 0.717) is 18.6 Å². The van der Waals surface area contributed by atoms with Crippen LogP contribution in [-0.2, 0) is 4.79 Å². The summed E-state index contributed by atoms with van der Waals surface area (Å²) in [5.41, 5.74) is 0.935. The van der Waals surface area contributed by atoms with Crippen LogP contribution in [0.3, 0.4) is 0 Å². The number of hydrogen-bond donors (Lipinski definition) is 1. The number of carbonyl (C=O) groups is 1. The summed E-state index contributed by atoms with van der Waals surface area (Å²) in [6.07, 6.45) is 13.0. The van der Waals surface area contributed by atoms with Crippen LogP contribution in [0.4, 0.5) is 5.69 Å². The third-order valence-corrected chi connectivity index (χ3v) is 6.48. The Bertz CT molecular complexity index is 737. The van der Waals surface area contributed by atoms with E-state index in [2.05, 4.69) is 28.4 Å². The second-order valence-corrected chi connectivity index (χ2v) is 8.33. The average molecular weight is 365 g/mol. The Hall–Kier alpha value is -1.87. The molecule has 1 amide bonds. The zero-order valence-corrected chi connectivity index (χ0v) is 16.3. The van der Waals surface area contributed by atoms with Gasteiger partial charge >= 0.3 is 0 Å². The lowest BCUT2D eigenvalue weighted by atomic mass is 9.88. The van der Waals surface area contributed by atoms with Gasteiger partial charge in [0, 0.05) is 23.2 Å². The summed E-state index contributed by atoms with van der Waals surface area (Å²) in [5.74, 6) is 0.141. The molecule has 3 heteroatoms. The lowest BCUT2D eigenvalue weighted by molar-refractivity contribution is -0.119. The summed E-state index contributed by atoms with van der Waals surface area (Å²) in [4.78, 5) is 15.6. The average Bonchev–Trinajstić information content (AvgIpc) is 2.73. The molecule has 144 valence electrons. The van der Waals surface area contributed by atoms with E-state index in [1.165, 1.54) is 69.6 Å². The molecule has 0 saturated heterocycles. The first-order valence-corrected chi connectivity index (χ1v) is 10.8. The molecule has 2 fully saturated rings. The molecule has 3 nitrogen and oxygen atoms in total. The highest BCUT2D eigenvalue weighted by Gasteiger charge is 2.30. The van der Waals surface area contributed by atoms with Crippen molar-refractivity contribution in [1.29, 1.82) is 0 Å². The van der Waals surface area contributed by atoms with Gasteiger partial charge in [0.1, 0.15) is 0 Å². The van der Waals surface area contributed by atoms with Crippen molar-refractivity contribution in [3.05, 3.63) is 42.5 Å². The largest absolute Gasteiger partial charge is 0.324 e.